The molecule has 3 heterocycles. The first-order valence-electron chi connectivity index (χ1n) is 15.1. The molecule has 0 aliphatic carbocycles. The summed E-state index contributed by atoms with van der Waals surface area (Å²) >= 11 is 0. The summed E-state index contributed by atoms with van der Waals surface area (Å²) in [5.74, 6) is 0.728. The van der Waals surface area contributed by atoms with Crippen molar-refractivity contribution in [3.8, 4) is 23.0 Å². The second-order valence-corrected chi connectivity index (χ2v) is 11.3. The van der Waals surface area contributed by atoms with Gasteiger partial charge in [-0.3, -0.25) is 0 Å². The fourth-order valence-electron chi connectivity index (χ4n) is 4.73. The highest BCUT2D eigenvalue weighted by atomic mass is 16.7. The van der Waals surface area contributed by atoms with Crippen LogP contribution < -0.4 is 9.47 Å². The van der Waals surface area contributed by atoms with E-state index in [0.717, 1.165) is 0 Å². The van der Waals surface area contributed by atoms with Gasteiger partial charge in [-0.1, -0.05) is 0 Å². The molecule has 2 aromatic carbocycles. The average Bonchev–Trinajstić information content (AvgIpc) is 3.11. The first-order valence-corrected chi connectivity index (χ1v) is 15.1. The number of rotatable bonds is 7. The Balaban J connectivity index is 0.000000274. The van der Waals surface area contributed by atoms with E-state index in [-0.39, 0.29) is 23.0 Å². The van der Waals surface area contributed by atoms with E-state index in [2.05, 4.69) is 4.74 Å². The fourth-order valence-corrected chi connectivity index (χ4v) is 4.73. The van der Waals surface area contributed by atoms with Crippen LogP contribution in [0.1, 0.15) is 0 Å². The maximum absolute atomic E-state index is 10.0. The summed E-state index contributed by atoms with van der Waals surface area (Å²) in [6.07, 6.45) is -21.2. The summed E-state index contributed by atoms with van der Waals surface area (Å²) in [6, 6.07) is 11.4. The maximum Gasteiger partial charge on any atom is 0.229 e. The summed E-state index contributed by atoms with van der Waals surface area (Å²) in [5.41, 5.74) is 0. The van der Waals surface area contributed by atoms with Crippen LogP contribution in [0.25, 0.3) is 0 Å². The summed E-state index contributed by atoms with van der Waals surface area (Å²) in [5, 5.41) is 140. The third-order valence-corrected chi connectivity index (χ3v) is 7.74. The molecule has 0 spiro atoms. The Morgan fingerprint density at radius 1 is 0.400 bits per heavy atom. The monoisotopic (exact) mass is 724 g/mol. The predicted molar refractivity (Wildman–Crippen MR) is 161 cm³/mol. The Morgan fingerprint density at radius 3 is 1.02 bits per heavy atom. The number of aliphatic hydroxyl groups excluding tert-OH is 13. The van der Waals surface area contributed by atoms with E-state index in [0.29, 0.717) is 0 Å². The molecule has 3 fully saturated rings. The molecule has 0 saturated carbocycles. The van der Waals surface area contributed by atoms with E-state index in [1.165, 1.54) is 48.5 Å². The number of aromatic hydroxyl groups is 2. The number of aliphatic hydroxyl groups is 13. The van der Waals surface area contributed by atoms with Gasteiger partial charge in [-0.15, -0.1) is 0 Å². The highest BCUT2D eigenvalue weighted by Crippen LogP contribution is 2.28. The zero-order valence-electron chi connectivity index (χ0n) is 26.1. The van der Waals surface area contributed by atoms with Gasteiger partial charge < -0.3 is 100 Å². The molecule has 0 bridgehead atoms. The van der Waals surface area contributed by atoms with Gasteiger partial charge in [0.15, 0.2) is 6.29 Å². The molecule has 3 aliphatic rings. The lowest BCUT2D eigenvalue weighted by molar-refractivity contribution is -0.286. The molecule has 20 nitrogen and oxygen atoms in total. The van der Waals surface area contributed by atoms with Crippen molar-refractivity contribution in [1.82, 2.24) is 0 Å². The van der Waals surface area contributed by atoms with Gasteiger partial charge in [-0.2, -0.15) is 0 Å². The van der Waals surface area contributed by atoms with Gasteiger partial charge >= 0.3 is 0 Å². The lowest BCUT2D eigenvalue weighted by Gasteiger charge is -2.39. The second-order valence-electron chi connectivity index (χ2n) is 11.3. The van der Waals surface area contributed by atoms with E-state index in [4.69, 9.17) is 54.7 Å². The molecule has 15 unspecified atom stereocenters. The van der Waals surface area contributed by atoms with Crippen LogP contribution in [0.15, 0.2) is 48.5 Å². The highest BCUT2D eigenvalue weighted by Gasteiger charge is 2.46. The molecule has 0 radical (unpaired) electrons. The number of ether oxygens (including phenoxy) is 5. The lowest BCUT2D eigenvalue weighted by atomic mass is 9.99. The molecule has 50 heavy (non-hydrogen) atoms. The molecule has 0 amide bonds. The van der Waals surface area contributed by atoms with Crippen LogP contribution in [0.3, 0.4) is 0 Å². The minimum atomic E-state index is -1.57. The molecule has 0 aromatic heterocycles. The van der Waals surface area contributed by atoms with Crippen LogP contribution in [-0.4, -0.2) is 189 Å². The van der Waals surface area contributed by atoms with Crippen molar-refractivity contribution in [2.75, 3.05) is 19.8 Å². The quantitative estimate of drug-likeness (QED) is 0.118. The Kier molecular flexibility index (Phi) is 15.7. The molecule has 5 rings (SSSR count). The van der Waals surface area contributed by atoms with Crippen molar-refractivity contribution in [1.29, 1.82) is 0 Å². The third kappa shape index (κ3) is 10.5. The first kappa shape index (κ1) is 41.4. The number of hydrogen-bond acceptors (Lipinski definition) is 20. The van der Waals surface area contributed by atoms with Gasteiger partial charge in [0.2, 0.25) is 12.6 Å². The summed E-state index contributed by atoms with van der Waals surface area (Å²) in [6.45, 7) is -1.70. The third-order valence-electron chi connectivity index (χ3n) is 7.74. The van der Waals surface area contributed by atoms with E-state index < -0.39 is 112 Å². The summed E-state index contributed by atoms with van der Waals surface area (Å²) < 4.78 is 26.0. The zero-order valence-corrected chi connectivity index (χ0v) is 26.1. The van der Waals surface area contributed by atoms with Crippen molar-refractivity contribution in [2.24, 2.45) is 0 Å². The normalized spacial score (nSPS) is 38.5. The minimum Gasteiger partial charge on any atom is -0.508 e. The molecule has 20 heteroatoms. The molecular weight excluding hydrogens is 680 g/mol. The molecule has 2 aromatic rings. The van der Waals surface area contributed by atoms with Crippen molar-refractivity contribution in [2.45, 2.75) is 92.1 Å². The zero-order chi connectivity index (χ0) is 37.3. The van der Waals surface area contributed by atoms with Crippen molar-refractivity contribution in [3.63, 3.8) is 0 Å². The molecule has 15 N–H and O–H groups in total. The SMILES string of the molecule is OCC1OC(O)C(O)C(O)C1O.OCC1OC(Oc2ccc(OC3OC(CO)C(O)C(O)C3O)cc2)C(O)C(O)C1O.Oc1ccc(O)cc1. The van der Waals surface area contributed by atoms with Crippen LogP contribution in [0.2, 0.25) is 0 Å². The Morgan fingerprint density at radius 2 is 0.700 bits per heavy atom. The smallest absolute Gasteiger partial charge is 0.229 e. The van der Waals surface area contributed by atoms with Gasteiger partial charge in [-0.25, -0.2) is 0 Å². The maximum atomic E-state index is 10.0. The van der Waals surface area contributed by atoms with Crippen LogP contribution in [-0.2, 0) is 14.2 Å². The molecule has 3 aliphatic heterocycles. The van der Waals surface area contributed by atoms with Crippen LogP contribution >= 0.6 is 0 Å². The number of hydrogen-bond donors (Lipinski definition) is 15. The number of phenolic OH excluding ortho intramolecular Hbond substituents is 2. The Labute approximate surface area is 284 Å². The van der Waals surface area contributed by atoms with Crippen molar-refractivity contribution in [3.05, 3.63) is 48.5 Å². The first-order chi connectivity index (χ1) is 23.6. The van der Waals surface area contributed by atoms with Gasteiger partial charge in [0.1, 0.15) is 96.2 Å². The van der Waals surface area contributed by atoms with Crippen molar-refractivity contribution < 1.29 is 100 Å². The fraction of sp³-hybridized carbons (Fsp3) is 0.600. The lowest BCUT2D eigenvalue weighted by Crippen LogP contribution is -2.60. The standard InChI is InChI=1S/C18H26O12.C6H12O6.C6H6O2/c19-5-9-11(21)13(23)15(25)17(29-9)27-7-1-2-8(4-3-7)28-18-16(26)14(24)12(22)10(6-20)30-18;7-1-2-3(8)4(9)5(10)6(11)12-2;7-5-1-2-6(8)4-3-5/h1-4,9-26H,5-6H2;2-11H,1H2;1-4,7-8H. The molecular formula is C30H44O20. The van der Waals surface area contributed by atoms with E-state index in [1.807, 2.05) is 0 Å². The van der Waals surface area contributed by atoms with Crippen LogP contribution in [0.5, 0.6) is 23.0 Å². The Bertz CT molecular complexity index is 1170. The van der Waals surface area contributed by atoms with Crippen LogP contribution in [0, 0.1) is 0 Å². The summed E-state index contributed by atoms with van der Waals surface area (Å²) in [7, 11) is 0. The van der Waals surface area contributed by atoms with Gasteiger partial charge in [0, 0.05) is 0 Å². The largest absolute Gasteiger partial charge is 0.508 e. The van der Waals surface area contributed by atoms with Crippen molar-refractivity contribution >= 4 is 0 Å². The predicted octanol–water partition coefficient (Wildman–Crippen LogP) is -6.08. The second kappa shape index (κ2) is 19.0. The van der Waals surface area contributed by atoms with Gasteiger partial charge in [0.05, 0.1) is 19.8 Å². The minimum absolute atomic E-state index is 0.169. The van der Waals surface area contributed by atoms with E-state index in [9.17, 15) is 40.9 Å². The van der Waals surface area contributed by atoms with E-state index >= 15 is 0 Å². The molecule has 15 atom stereocenters. The highest BCUT2D eigenvalue weighted by molar-refractivity contribution is 5.32. The average molecular weight is 725 g/mol. The van der Waals surface area contributed by atoms with Gasteiger partial charge in [-0.05, 0) is 48.5 Å². The summed E-state index contributed by atoms with van der Waals surface area (Å²) in [4.78, 5) is 0. The van der Waals surface area contributed by atoms with Gasteiger partial charge in [0.25, 0.3) is 0 Å². The molecule has 3 saturated heterocycles. The number of benzene rings is 2. The van der Waals surface area contributed by atoms with Crippen LogP contribution in [0.4, 0.5) is 0 Å². The number of phenols is 2. The Hall–Kier alpha value is -3.00. The topological polar surface area (TPSA) is 350 Å². The molecule has 284 valence electrons. The van der Waals surface area contributed by atoms with E-state index in [1.54, 1.807) is 0 Å².